The van der Waals surface area contributed by atoms with Crippen LogP contribution >= 0.6 is 23.2 Å². The van der Waals surface area contributed by atoms with Crippen molar-refractivity contribution in [3.8, 4) is 0 Å². The van der Waals surface area contributed by atoms with Gasteiger partial charge in [-0.15, -0.1) is 10.2 Å². The molecule has 1 atom stereocenters. The molecule has 94 valence electrons. The molecule has 1 unspecified atom stereocenters. The van der Waals surface area contributed by atoms with Gasteiger partial charge in [0.15, 0.2) is 10.3 Å². The highest BCUT2D eigenvalue weighted by atomic mass is 35.5. The summed E-state index contributed by atoms with van der Waals surface area (Å²) in [6.07, 6.45) is 0. The lowest BCUT2D eigenvalue weighted by molar-refractivity contribution is 0.877. The molecule has 1 aromatic heterocycles. The SMILES string of the molecule is Cc1ccc(C(C)Nc2cc(Cl)nnc2Cl)cc1. The van der Waals surface area contributed by atoms with Crippen LogP contribution in [0, 0.1) is 6.92 Å². The van der Waals surface area contributed by atoms with Crippen molar-refractivity contribution >= 4 is 28.9 Å². The Balaban J connectivity index is 2.18. The number of rotatable bonds is 3. The predicted molar refractivity (Wildman–Crippen MR) is 75.3 cm³/mol. The minimum Gasteiger partial charge on any atom is -0.376 e. The standard InChI is InChI=1S/C13H13Cl2N3/c1-8-3-5-10(6-4-8)9(2)16-11-7-12(14)17-18-13(11)15/h3-7,9H,1-2H3,(H,16,17). The zero-order valence-electron chi connectivity index (χ0n) is 10.1. The first-order chi connectivity index (χ1) is 8.56. The molecule has 0 saturated carbocycles. The molecule has 3 nitrogen and oxygen atoms in total. The lowest BCUT2D eigenvalue weighted by atomic mass is 10.1. The summed E-state index contributed by atoms with van der Waals surface area (Å²) in [7, 11) is 0. The van der Waals surface area contributed by atoms with Gasteiger partial charge in [0.1, 0.15) is 0 Å². The molecule has 18 heavy (non-hydrogen) atoms. The Bertz CT molecular complexity index is 540. The van der Waals surface area contributed by atoms with E-state index in [4.69, 9.17) is 23.2 Å². The second kappa shape index (κ2) is 5.55. The van der Waals surface area contributed by atoms with E-state index in [1.165, 1.54) is 11.1 Å². The van der Waals surface area contributed by atoms with Gasteiger partial charge in [-0.2, -0.15) is 0 Å². The molecule has 0 aliphatic rings. The fourth-order valence-corrected chi connectivity index (χ4v) is 1.92. The van der Waals surface area contributed by atoms with E-state index in [1.807, 2.05) is 0 Å². The summed E-state index contributed by atoms with van der Waals surface area (Å²) in [5.74, 6) is 0. The first-order valence-corrected chi connectivity index (χ1v) is 6.33. The lowest BCUT2D eigenvalue weighted by Gasteiger charge is -2.16. The van der Waals surface area contributed by atoms with Gasteiger partial charge in [0.2, 0.25) is 0 Å². The first-order valence-electron chi connectivity index (χ1n) is 5.58. The number of nitrogens with zero attached hydrogens (tertiary/aromatic N) is 2. The number of benzene rings is 1. The molecular formula is C13H13Cl2N3. The molecule has 0 aliphatic carbocycles. The van der Waals surface area contributed by atoms with E-state index in [1.54, 1.807) is 6.07 Å². The largest absolute Gasteiger partial charge is 0.376 e. The average molecular weight is 282 g/mol. The number of nitrogens with one attached hydrogen (secondary N) is 1. The minimum atomic E-state index is 0.114. The molecule has 0 aliphatic heterocycles. The quantitative estimate of drug-likeness (QED) is 0.913. The van der Waals surface area contributed by atoms with Crippen LogP contribution in [0.5, 0.6) is 0 Å². The van der Waals surface area contributed by atoms with Crippen LogP contribution in [0.15, 0.2) is 30.3 Å². The van der Waals surface area contributed by atoms with E-state index in [9.17, 15) is 0 Å². The molecule has 0 radical (unpaired) electrons. The topological polar surface area (TPSA) is 37.8 Å². The molecule has 0 amide bonds. The third-order valence-corrected chi connectivity index (χ3v) is 3.13. The Labute approximate surface area is 116 Å². The fraction of sp³-hybridized carbons (Fsp3) is 0.231. The summed E-state index contributed by atoms with van der Waals surface area (Å²) in [6.45, 7) is 4.11. The first kappa shape index (κ1) is 13.1. The van der Waals surface area contributed by atoms with Crippen molar-refractivity contribution in [2.45, 2.75) is 19.9 Å². The van der Waals surface area contributed by atoms with Gasteiger partial charge in [0.25, 0.3) is 0 Å². The van der Waals surface area contributed by atoms with Gasteiger partial charge in [-0.25, -0.2) is 0 Å². The van der Waals surface area contributed by atoms with Crippen LogP contribution in [-0.2, 0) is 0 Å². The van der Waals surface area contributed by atoms with Crippen molar-refractivity contribution in [2.24, 2.45) is 0 Å². The van der Waals surface area contributed by atoms with Crippen molar-refractivity contribution < 1.29 is 0 Å². The lowest BCUT2D eigenvalue weighted by Crippen LogP contribution is -2.07. The molecule has 0 fully saturated rings. The van der Waals surface area contributed by atoms with E-state index in [0.29, 0.717) is 16.0 Å². The summed E-state index contributed by atoms with van der Waals surface area (Å²) in [5, 5.41) is 11.3. The molecule has 0 bridgehead atoms. The van der Waals surface area contributed by atoms with Crippen LogP contribution in [0.25, 0.3) is 0 Å². The minimum absolute atomic E-state index is 0.114. The van der Waals surface area contributed by atoms with Gasteiger partial charge in [-0.1, -0.05) is 53.0 Å². The number of aryl methyl sites for hydroxylation is 1. The maximum atomic E-state index is 5.96. The Morgan fingerprint density at radius 2 is 1.78 bits per heavy atom. The number of hydrogen-bond donors (Lipinski definition) is 1. The van der Waals surface area contributed by atoms with Crippen LogP contribution in [0.1, 0.15) is 24.1 Å². The third-order valence-electron chi connectivity index (χ3n) is 2.67. The molecule has 0 saturated heterocycles. The average Bonchev–Trinajstić information content (AvgIpc) is 2.34. The highest BCUT2D eigenvalue weighted by Gasteiger charge is 2.09. The summed E-state index contributed by atoms with van der Waals surface area (Å²) >= 11 is 11.8. The highest BCUT2D eigenvalue weighted by Crippen LogP contribution is 2.25. The van der Waals surface area contributed by atoms with Crippen LogP contribution in [0.2, 0.25) is 10.3 Å². The van der Waals surface area contributed by atoms with Gasteiger partial charge >= 0.3 is 0 Å². The van der Waals surface area contributed by atoms with Gasteiger partial charge in [-0.05, 0) is 19.4 Å². The van der Waals surface area contributed by atoms with Gasteiger partial charge in [0, 0.05) is 12.1 Å². The zero-order valence-corrected chi connectivity index (χ0v) is 11.6. The molecule has 2 aromatic rings. The highest BCUT2D eigenvalue weighted by molar-refractivity contribution is 6.33. The zero-order chi connectivity index (χ0) is 13.1. The number of halogens is 2. The Kier molecular flexibility index (Phi) is 4.04. The van der Waals surface area contributed by atoms with Crippen LogP contribution in [-0.4, -0.2) is 10.2 Å². The molecule has 0 spiro atoms. The molecule has 2 rings (SSSR count). The summed E-state index contributed by atoms with van der Waals surface area (Å²) in [6, 6.07) is 10.1. The van der Waals surface area contributed by atoms with Gasteiger partial charge in [0.05, 0.1) is 5.69 Å². The Morgan fingerprint density at radius 1 is 1.11 bits per heavy atom. The smallest absolute Gasteiger partial charge is 0.174 e. The number of anilines is 1. The van der Waals surface area contributed by atoms with Crippen molar-refractivity contribution in [2.75, 3.05) is 5.32 Å². The van der Waals surface area contributed by atoms with E-state index in [0.717, 1.165) is 0 Å². The molecular weight excluding hydrogens is 269 g/mol. The molecule has 1 aromatic carbocycles. The van der Waals surface area contributed by atoms with E-state index in [-0.39, 0.29) is 6.04 Å². The fourth-order valence-electron chi connectivity index (χ4n) is 1.63. The summed E-state index contributed by atoms with van der Waals surface area (Å²) in [5.41, 5.74) is 3.09. The van der Waals surface area contributed by atoms with Crippen LogP contribution in [0.4, 0.5) is 5.69 Å². The van der Waals surface area contributed by atoms with Crippen molar-refractivity contribution in [3.05, 3.63) is 51.8 Å². The Morgan fingerprint density at radius 3 is 2.44 bits per heavy atom. The molecule has 5 heteroatoms. The normalized spacial score (nSPS) is 12.2. The Hall–Kier alpha value is -1.32. The van der Waals surface area contributed by atoms with Crippen molar-refractivity contribution in [1.82, 2.24) is 10.2 Å². The number of hydrogen-bond acceptors (Lipinski definition) is 3. The monoisotopic (exact) mass is 281 g/mol. The van der Waals surface area contributed by atoms with Gasteiger partial charge < -0.3 is 5.32 Å². The maximum Gasteiger partial charge on any atom is 0.174 e. The summed E-state index contributed by atoms with van der Waals surface area (Å²) < 4.78 is 0. The maximum absolute atomic E-state index is 5.96. The van der Waals surface area contributed by atoms with E-state index >= 15 is 0 Å². The second-order valence-corrected chi connectivity index (χ2v) is 4.89. The third kappa shape index (κ3) is 3.12. The number of aromatic nitrogens is 2. The van der Waals surface area contributed by atoms with Gasteiger partial charge in [-0.3, -0.25) is 0 Å². The van der Waals surface area contributed by atoms with E-state index in [2.05, 4.69) is 53.6 Å². The van der Waals surface area contributed by atoms with Crippen molar-refractivity contribution in [1.29, 1.82) is 0 Å². The molecule has 1 heterocycles. The molecule has 1 N–H and O–H groups in total. The predicted octanol–water partition coefficient (Wildman–Crippen LogP) is 4.26. The van der Waals surface area contributed by atoms with E-state index < -0.39 is 0 Å². The van der Waals surface area contributed by atoms with Crippen LogP contribution < -0.4 is 5.32 Å². The van der Waals surface area contributed by atoms with Crippen molar-refractivity contribution in [3.63, 3.8) is 0 Å². The summed E-state index contributed by atoms with van der Waals surface area (Å²) in [4.78, 5) is 0. The van der Waals surface area contributed by atoms with Crippen LogP contribution in [0.3, 0.4) is 0 Å². The second-order valence-electron chi connectivity index (χ2n) is 4.15.